The van der Waals surface area contributed by atoms with Gasteiger partial charge in [-0.1, -0.05) is 13.3 Å². The molecule has 1 aromatic rings. The monoisotopic (exact) mass is 357 g/mol. The Kier molecular flexibility index (Phi) is 7.82. The third-order valence-electron chi connectivity index (χ3n) is 2.67. The predicted octanol–water partition coefficient (Wildman–Crippen LogP) is 2.96. The molecule has 1 aromatic carbocycles. The molecule has 0 heterocycles. The molecule has 5 nitrogen and oxygen atoms in total. The normalized spacial score (nSPS) is 10.0. The summed E-state index contributed by atoms with van der Waals surface area (Å²) in [6.07, 6.45) is 2.69. The molecule has 0 saturated carbocycles. The summed E-state index contributed by atoms with van der Waals surface area (Å²) in [6, 6.07) is 3.21. The van der Waals surface area contributed by atoms with Gasteiger partial charge in [-0.3, -0.25) is 9.59 Å². The number of carbonyl (C=O) groups is 2. The number of rotatable bonds is 9. The fourth-order valence-electron chi connectivity index (χ4n) is 1.65. The predicted molar refractivity (Wildman–Crippen MR) is 84.1 cm³/mol. The van der Waals surface area contributed by atoms with Crippen molar-refractivity contribution >= 4 is 28.1 Å². The minimum atomic E-state index is -0.183. The molecule has 0 aliphatic rings. The summed E-state index contributed by atoms with van der Waals surface area (Å²) in [5.41, 5.74) is 0.477. The van der Waals surface area contributed by atoms with Crippen LogP contribution in [-0.4, -0.2) is 32.0 Å². The van der Waals surface area contributed by atoms with E-state index in [0.29, 0.717) is 34.7 Å². The molecule has 116 valence electrons. The van der Waals surface area contributed by atoms with Crippen LogP contribution >= 0.6 is 15.9 Å². The topological polar surface area (TPSA) is 64.6 Å². The smallest absolute Gasteiger partial charge is 0.257 e. The summed E-state index contributed by atoms with van der Waals surface area (Å²) in [5.74, 6) is 0.681. The first-order valence-corrected chi connectivity index (χ1v) is 7.72. The number of carbonyl (C=O) groups excluding carboxylic acids is 2. The highest BCUT2D eigenvalue weighted by atomic mass is 79.9. The minimum Gasteiger partial charge on any atom is -0.490 e. The van der Waals surface area contributed by atoms with Crippen LogP contribution in [-0.2, 0) is 4.79 Å². The second-order valence-electron chi connectivity index (χ2n) is 4.37. The van der Waals surface area contributed by atoms with Gasteiger partial charge in [-0.25, -0.2) is 0 Å². The first-order valence-electron chi connectivity index (χ1n) is 6.93. The molecular formula is C15H20BrNO4. The third kappa shape index (κ3) is 5.75. The third-order valence-corrected chi connectivity index (χ3v) is 3.26. The molecule has 21 heavy (non-hydrogen) atoms. The van der Waals surface area contributed by atoms with Gasteiger partial charge in [0.1, 0.15) is 6.29 Å². The Bertz CT molecular complexity index is 491. The zero-order chi connectivity index (χ0) is 15.7. The molecule has 1 amide bonds. The number of benzene rings is 1. The van der Waals surface area contributed by atoms with E-state index in [-0.39, 0.29) is 12.5 Å². The highest BCUT2D eigenvalue weighted by Gasteiger charge is 2.13. The maximum absolute atomic E-state index is 11.6. The van der Waals surface area contributed by atoms with Crippen molar-refractivity contribution in [2.45, 2.75) is 26.7 Å². The van der Waals surface area contributed by atoms with Crippen LogP contribution in [0.2, 0.25) is 0 Å². The maximum Gasteiger partial charge on any atom is 0.257 e. The number of halogens is 1. The summed E-state index contributed by atoms with van der Waals surface area (Å²) in [4.78, 5) is 22.5. The van der Waals surface area contributed by atoms with Crippen molar-refractivity contribution in [1.29, 1.82) is 0 Å². The van der Waals surface area contributed by atoms with Crippen molar-refractivity contribution in [3.63, 3.8) is 0 Å². The van der Waals surface area contributed by atoms with Crippen LogP contribution in [0.5, 0.6) is 11.5 Å². The van der Waals surface area contributed by atoms with Gasteiger partial charge in [-0.15, -0.1) is 0 Å². The zero-order valence-corrected chi connectivity index (χ0v) is 13.9. The Labute approximate surface area is 133 Å². The summed E-state index contributed by atoms with van der Waals surface area (Å²) in [6.45, 7) is 4.88. The fourth-order valence-corrected chi connectivity index (χ4v) is 2.23. The Balaban J connectivity index is 2.72. The molecule has 1 rings (SSSR count). The van der Waals surface area contributed by atoms with Gasteiger partial charge in [-0.05, 0) is 41.4 Å². The van der Waals surface area contributed by atoms with Crippen LogP contribution in [0.4, 0.5) is 0 Å². The largest absolute Gasteiger partial charge is 0.490 e. The van der Waals surface area contributed by atoms with E-state index in [1.165, 1.54) is 0 Å². The Morgan fingerprint density at radius 2 is 2.10 bits per heavy atom. The molecule has 0 radical (unpaired) electrons. The van der Waals surface area contributed by atoms with Crippen molar-refractivity contribution in [3.05, 3.63) is 22.2 Å². The lowest BCUT2D eigenvalue weighted by atomic mass is 10.2. The average molecular weight is 358 g/mol. The lowest BCUT2D eigenvalue weighted by Gasteiger charge is -2.14. The molecule has 0 unspecified atom stereocenters. The molecule has 0 atom stereocenters. The number of amides is 1. The van der Waals surface area contributed by atoms with Crippen molar-refractivity contribution in [2.24, 2.45) is 0 Å². The number of nitrogens with one attached hydrogen (secondary N) is 1. The van der Waals surface area contributed by atoms with Gasteiger partial charge < -0.3 is 14.8 Å². The van der Waals surface area contributed by atoms with E-state index in [1.807, 2.05) is 6.92 Å². The number of unbranched alkanes of at least 4 members (excludes halogenated alkanes) is 1. The van der Waals surface area contributed by atoms with Crippen molar-refractivity contribution in [3.8, 4) is 11.5 Å². The molecule has 0 spiro atoms. The van der Waals surface area contributed by atoms with Gasteiger partial charge in [-0.2, -0.15) is 0 Å². The molecule has 0 aliphatic heterocycles. The Hall–Kier alpha value is -1.56. The SMILES string of the molecule is CCCCNC(=O)COc1c(Br)cc(C=O)cc1OCC. The molecular weight excluding hydrogens is 338 g/mol. The fraction of sp³-hybridized carbons (Fsp3) is 0.467. The number of ether oxygens (including phenoxy) is 2. The minimum absolute atomic E-state index is 0.0944. The van der Waals surface area contributed by atoms with E-state index in [0.717, 1.165) is 19.1 Å². The summed E-state index contributed by atoms with van der Waals surface area (Å²) < 4.78 is 11.5. The first-order chi connectivity index (χ1) is 10.1. The Morgan fingerprint density at radius 3 is 2.71 bits per heavy atom. The van der Waals surface area contributed by atoms with E-state index in [4.69, 9.17) is 9.47 Å². The molecule has 0 aliphatic carbocycles. The van der Waals surface area contributed by atoms with Crippen LogP contribution in [0.25, 0.3) is 0 Å². The Morgan fingerprint density at radius 1 is 1.33 bits per heavy atom. The van der Waals surface area contributed by atoms with Gasteiger partial charge in [0.25, 0.3) is 5.91 Å². The second-order valence-corrected chi connectivity index (χ2v) is 5.23. The highest BCUT2D eigenvalue weighted by molar-refractivity contribution is 9.10. The standard InChI is InChI=1S/C15H20BrNO4/c1-3-5-6-17-14(19)10-21-15-12(16)7-11(9-18)8-13(15)20-4-2/h7-9H,3-6,10H2,1-2H3,(H,17,19). The van der Waals surface area contributed by atoms with Gasteiger partial charge in [0.05, 0.1) is 11.1 Å². The lowest BCUT2D eigenvalue weighted by molar-refractivity contribution is -0.123. The van der Waals surface area contributed by atoms with Crippen LogP contribution in [0.1, 0.15) is 37.0 Å². The molecule has 0 fully saturated rings. The highest BCUT2D eigenvalue weighted by Crippen LogP contribution is 2.36. The number of hydrogen-bond donors (Lipinski definition) is 1. The van der Waals surface area contributed by atoms with Gasteiger partial charge in [0, 0.05) is 12.1 Å². The van der Waals surface area contributed by atoms with Crippen LogP contribution in [0.15, 0.2) is 16.6 Å². The van der Waals surface area contributed by atoms with Crippen LogP contribution < -0.4 is 14.8 Å². The molecule has 0 saturated heterocycles. The number of hydrogen-bond acceptors (Lipinski definition) is 4. The van der Waals surface area contributed by atoms with Crippen molar-refractivity contribution < 1.29 is 19.1 Å². The summed E-state index contributed by atoms with van der Waals surface area (Å²) >= 11 is 3.33. The number of aldehydes is 1. The lowest BCUT2D eigenvalue weighted by Crippen LogP contribution is -2.29. The quantitative estimate of drug-likeness (QED) is 0.545. The summed E-state index contributed by atoms with van der Waals surface area (Å²) in [5, 5.41) is 2.77. The van der Waals surface area contributed by atoms with E-state index in [1.54, 1.807) is 12.1 Å². The molecule has 0 bridgehead atoms. The van der Waals surface area contributed by atoms with Crippen molar-refractivity contribution in [1.82, 2.24) is 5.32 Å². The molecule has 1 N–H and O–H groups in total. The molecule has 6 heteroatoms. The van der Waals surface area contributed by atoms with E-state index >= 15 is 0 Å². The molecule has 0 aromatic heterocycles. The van der Waals surface area contributed by atoms with Gasteiger partial charge in [0.15, 0.2) is 18.1 Å². The maximum atomic E-state index is 11.6. The average Bonchev–Trinajstić information content (AvgIpc) is 2.46. The van der Waals surface area contributed by atoms with Crippen LogP contribution in [0.3, 0.4) is 0 Å². The zero-order valence-electron chi connectivity index (χ0n) is 12.3. The second kappa shape index (κ2) is 9.39. The first kappa shape index (κ1) is 17.5. The van der Waals surface area contributed by atoms with E-state index in [2.05, 4.69) is 28.2 Å². The van der Waals surface area contributed by atoms with Gasteiger partial charge in [0.2, 0.25) is 0 Å². The van der Waals surface area contributed by atoms with Gasteiger partial charge >= 0.3 is 0 Å². The van der Waals surface area contributed by atoms with E-state index < -0.39 is 0 Å². The van der Waals surface area contributed by atoms with Crippen molar-refractivity contribution in [2.75, 3.05) is 19.8 Å². The van der Waals surface area contributed by atoms with Crippen LogP contribution in [0, 0.1) is 0 Å². The summed E-state index contributed by atoms with van der Waals surface area (Å²) in [7, 11) is 0. The van der Waals surface area contributed by atoms with E-state index in [9.17, 15) is 9.59 Å².